The van der Waals surface area contributed by atoms with Crippen LogP contribution in [0.2, 0.25) is 0 Å². The summed E-state index contributed by atoms with van der Waals surface area (Å²) in [5.74, 6) is -8.04. The van der Waals surface area contributed by atoms with E-state index in [1.54, 1.807) is 6.07 Å². The number of aromatic nitrogens is 4. The number of nitrogens with zero attached hydrogens (tertiary/aromatic N) is 5. The summed E-state index contributed by atoms with van der Waals surface area (Å²) < 4.78 is 106. The summed E-state index contributed by atoms with van der Waals surface area (Å²) in [7, 11) is 1.19. The topological polar surface area (TPSA) is 123 Å². The highest BCUT2D eigenvalue weighted by Gasteiger charge is 2.62. The SMILES string of the molecule is COc1nc(C)nc(CO)c1Cn1cnc(C(F)(F)C(F)(F)F)c(Oc2cc(C(F)F)cc(C#N)c2C)c1=O. The molecule has 0 spiro atoms. The van der Waals surface area contributed by atoms with E-state index >= 15 is 0 Å². The molecule has 2 heterocycles. The highest BCUT2D eigenvalue weighted by atomic mass is 19.4. The largest absolute Gasteiger partial charge is 0.481 e. The van der Waals surface area contributed by atoms with Gasteiger partial charge in [-0.15, -0.1) is 0 Å². The van der Waals surface area contributed by atoms with E-state index in [1.807, 2.05) is 0 Å². The molecule has 0 aliphatic carbocycles. The molecule has 1 aromatic carbocycles. The zero-order valence-electron chi connectivity index (χ0n) is 20.3. The summed E-state index contributed by atoms with van der Waals surface area (Å²) in [5.41, 5.74) is -5.20. The Morgan fingerprint density at radius 2 is 1.82 bits per heavy atom. The predicted octanol–water partition coefficient (Wildman–Crippen LogP) is 4.46. The van der Waals surface area contributed by atoms with Gasteiger partial charge in [-0.25, -0.2) is 18.7 Å². The number of hydrogen-bond donors (Lipinski definition) is 1. The van der Waals surface area contributed by atoms with Crippen LogP contribution in [0.5, 0.6) is 17.4 Å². The first-order valence-electron chi connectivity index (χ1n) is 10.7. The second-order valence-electron chi connectivity index (χ2n) is 8.00. The van der Waals surface area contributed by atoms with Crippen LogP contribution in [-0.4, -0.2) is 37.9 Å². The molecule has 0 saturated carbocycles. The summed E-state index contributed by atoms with van der Waals surface area (Å²) in [4.78, 5) is 24.4. The number of benzene rings is 1. The summed E-state index contributed by atoms with van der Waals surface area (Å²) in [6.45, 7) is 1.31. The van der Waals surface area contributed by atoms with Crippen LogP contribution in [0, 0.1) is 25.2 Å². The van der Waals surface area contributed by atoms with Crippen molar-refractivity contribution in [1.29, 1.82) is 5.26 Å². The fourth-order valence-corrected chi connectivity index (χ4v) is 3.45. The number of rotatable bonds is 8. The number of aliphatic hydroxyl groups excluding tert-OH is 1. The van der Waals surface area contributed by atoms with Gasteiger partial charge in [0.1, 0.15) is 11.6 Å². The molecule has 16 heteroatoms. The minimum absolute atomic E-state index is 0.0292. The summed E-state index contributed by atoms with van der Waals surface area (Å²) in [6, 6.07) is 2.96. The first-order chi connectivity index (χ1) is 18.2. The summed E-state index contributed by atoms with van der Waals surface area (Å²) >= 11 is 0. The molecule has 3 rings (SSSR count). The van der Waals surface area contributed by atoms with Crippen molar-refractivity contribution < 1.29 is 45.3 Å². The Morgan fingerprint density at radius 3 is 2.36 bits per heavy atom. The number of nitriles is 1. The maximum absolute atomic E-state index is 14.4. The van der Waals surface area contributed by atoms with Gasteiger partial charge in [-0.05, 0) is 26.0 Å². The Bertz CT molecular complexity index is 1470. The molecule has 0 saturated heterocycles. The molecule has 0 fully saturated rings. The number of ether oxygens (including phenoxy) is 2. The standard InChI is InChI=1S/C23H18F7N5O4/c1-10-13(6-31)4-12(19(24)25)5-16(10)39-17-18(22(26,27)23(28,29)30)32-9-35(21(17)37)7-14-15(8-36)33-11(2)34-20(14)38-3/h4-5,9,19,36H,7-8H2,1-3H3. The van der Waals surface area contributed by atoms with Crippen molar-refractivity contribution in [2.45, 2.75) is 45.5 Å². The number of aryl methyl sites for hydroxylation is 1. The van der Waals surface area contributed by atoms with Crippen LogP contribution in [0.3, 0.4) is 0 Å². The Morgan fingerprint density at radius 1 is 1.15 bits per heavy atom. The molecule has 0 unspecified atom stereocenters. The highest BCUT2D eigenvalue weighted by molar-refractivity contribution is 5.51. The minimum Gasteiger partial charge on any atom is -0.481 e. The molecular formula is C23H18F7N5O4. The molecule has 0 aliphatic rings. The Hall–Kier alpha value is -4.26. The number of halogens is 7. The van der Waals surface area contributed by atoms with E-state index in [9.17, 15) is 45.9 Å². The number of methoxy groups -OCH3 is 1. The van der Waals surface area contributed by atoms with Crippen LogP contribution in [0.4, 0.5) is 30.7 Å². The van der Waals surface area contributed by atoms with Gasteiger partial charge in [-0.1, -0.05) is 0 Å². The van der Waals surface area contributed by atoms with Crippen LogP contribution in [0.1, 0.15) is 45.9 Å². The third-order valence-electron chi connectivity index (χ3n) is 5.45. The fraction of sp³-hybridized carbons (Fsp3) is 0.348. The van der Waals surface area contributed by atoms with E-state index in [-0.39, 0.29) is 28.5 Å². The third kappa shape index (κ3) is 5.62. The minimum atomic E-state index is -6.22. The Kier molecular flexibility index (Phi) is 8.15. The van der Waals surface area contributed by atoms with Crippen molar-refractivity contribution in [3.05, 3.63) is 68.3 Å². The van der Waals surface area contributed by atoms with Crippen molar-refractivity contribution in [3.8, 4) is 23.4 Å². The van der Waals surface area contributed by atoms with Gasteiger partial charge in [0.05, 0.1) is 49.5 Å². The second-order valence-corrected chi connectivity index (χ2v) is 8.00. The van der Waals surface area contributed by atoms with Gasteiger partial charge >= 0.3 is 12.1 Å². The van der Waals surface area contributed by atoms with Gasteiger partial charge in [0.25, 0.3) is 12.0 Å². The van der Waals surface area contributed by atoms with Gasteiger partial charge in [0, 0.05) is 11.1 Å². The van der Waals surface area contributed by atoms with Crippen LogP contribution in [0.15, 0.2) is 23.3 Å². The van der Waals surface area contributed by atoms with E-state index in [4.69, 9.17) is 9.47 Å². The van der Waals surface area contributed by atoms with Crippen molar-refractivity contribution >= 4 is 0 Å². The first-order valence-corrected chi connectivity index (χ1v) is 10.7. The number of alkyl halides is 7. The van der Waals surface area contributed by atoms with Crippen molar-refractivity contribution in [3.63, 3.8) is 0 Å². The van der Waals surface area contributed by atoms with Gasteiger partial charge in [0.2, 0.25) is 11.6 Å². The smallest absolute Gasteiger partial charge is 0.459 e. The quantitative estimate of drug-likeness (QED) is 0.400. The van der Waals surface area contributed by atoms with E-state index in [2.05, 4.69) is 15.0 Å². The van der Waals surface area contributed by atoms with E-state index < -0.39 is 65.6 Å². The molecule has 0 amide bonds. The van der Waals surface area contributed by atoms with Crippen LogP contribution in [-0.2, 0) is 19.1 Å². The monoisotopic (exact) mass is 561 g/mol. The number of hydrogen-bond acceptors (Lipinski definition) is 8. The van der Waals surface area contributed by atoms with Gasteiger partial charge in [-0.2, -0.15) is 32.2 Å². The lowest BCUT2D eigenvalue weighted by molar-refractivity contribution is -0.291. The molecule has 9 nitrogen and oxygen atoms in total. The molecule has 0 radical (unpaired) electrons. The molecule has 2 aromatic heterocycles. The van der Waals surface area contributed by atoms with E-state index in [0.29, 0.717) is 17.0 Å². The molecule has 1 N–H and O–H groups in total. The van der Waals surface area contributed by atoms with Gasteiger partial charge < -0.3 is 14.6 Å². The molecule has 39 heavy (non-hydrogen) atoms. The van der Waals surface area contributed by atoms with Gasteiger partial charge in [0.15, 0.2) is 5.69 Å². The van der Waals surface area contributed by atoms with Gasteiger partial charge in [-0.3, -0.25) is 9.36 Å². The zero-order valence-corrected chi connectivity index (χ0v) is 20.3. The molecule has 0 aliphatic heterocycles. The average molecular weight is 561 g/mol. The van der Waals surface area contributed by atoms with E-state index in [0.717, 1.165) is 13.0 Å². The summed E-state index contributed by atoms with van der Waals surface area (Å²) in [5, 5.41) is 18.9. The lowest BCUT2D eigenvalue weighted by atomic mass is 10.0. The van der Waals surface area contributed by atoms with E-state index in [1.165, 1.54) is 14.0 Å². The highest BCUT2D eigenvalue weighted by Crippen LogP contribution is 2.46. The number of aliphatic hydroxyl groups is 1. The van der Waals surface area contributed by atoms with Crippen LogP contribution in [0.25, 0.3) is 0 Å². The molecule has 0 bridgehead atoms. The van der Waals surface area contributed by atoms with Crippen LogP contribution < -0.4 is 15.0 Å². The molecule has 208 valence electrons. The Balaban J connectivity index is 2.29. The van der Waals surface area contributed by atoms with Crippen molar-refractivity contribution in [2.75, 3.05) is 7.11 Å². The predicted molar refractivity (Wildman–Crippen MR) is 118 cm³/mol. The maximum atomic E-state index is 14.4. The second kappa shape index (κ2) is 10.8. The normalized spacial score (nSPS) is 12.0. The molecule has 0 atom stereocenters. The fourth-order valence-electron chi connectivity index (χ4n) is 3.45. The Labute approximate surface area is 215 Å². The van der Waals surface area contributed by atoms with Crippen molar-refractivity contribution in [1.82, 2.24) is 19.5 Å². The lowest BCUT2D eigenvalue weighted by Gasteiger charge is -2.22. The van der Waals surface area contributed by atoms with Crippen molar-refractivity contribution in [2.24, 2.45) is 0 Å². The molecule has 3 aromatic rings. The lowest BCUT2D eigenvalue weighted by Crippen LogP contribution is -2.37. The average Bonchev–Trinajstić information content (AvgIpc) is 2.86. The van der Waals surface area contributed by atoms with Crippen LogP contribution >= 0.6 is 0 Å². The molecular weight excluding hydrogens is 543 g/mol. The summed E-state index contributed by atoms with van der Waals surface area (Å²) in [6.07, 6.45) is -9.01. The maximum Gasteiger partial charge on any atom is 0.459 e. The third-order valence-corrected chi connectivity index (χ3v) is 5.45. The zero-order chi connectivity index (χ0) is 29.3. The first kappa shape index (κ1) is 29.3.